The minimum atomic E-state index is -1.28. The summed E-state index contributed by atoms with van der Waals surface area (Å²) in [5.41, 5.74) is -1.08. The van der Waals surface area contributed by atoms with Crippen LogP contribution in [-0.2, 0) is 5.60 Å². The third-order valence-corrected chi connectivity index (χ3v) is 2.83. The summed E-state index contributed by atoms with van der Waals surface area (Å²) in [6.07, 6.45) is 2.91. The van der Waals surface area contributed by atoms with Crippen LogP contribution in [0.2, 0.25) is 5.02 Å². The summed E-state index contributed by atoms with van der Waals surface area (Å²) in [4.78, 5) is 15.7. The summed E-state index contributed by atoms with van der Waals surface area (Å²) in [5.74, 6) is -0.0267. The molecule has 0 radical (unpaired) electrons. The van der Waals surface area contributed by atoms with Crippen LogP contribution in [0, 0.1) is 0 Å². The van der Waals surface area contributed by atoms with Gasteiger partial charge in [-0.25, -0.2) is 0 Å². The van der Waals surface area contributed by atoms with Gasteiger partial charge in [-0.1, -0.05) is 11.6 Å². The molecule has 0 spiro atoms. The van der Waals surface area contributed by atoms with Gasteiger partial charge < -0.3 is 14.8 Å². The summed E-state index contributed by atoms with van der Waals surface area (Å²) >= 11 is 5.78. The summed E-state index contributed by atoms with van der Waals surface area (Å²) in [5, 5.41) is 13.2. The zero-order valence-corrected chi connectivity index (χ0v) is 11.0. The Hall–Kier alpha value is -1.85. The largest absolute Gasteiger partial charge is 0.466 e. The minimum absolute atomic E-state index is 0.00748. The van der Waals surface area contributed by atoms with Crippen LogP contribution in [-0.4, -0.2) is 22.5 Å². The van der Waals surface area contributed by atoms with Crippen molar-refractivity contribution in [1.82, 2.24) is 10.3 Å². The zero-order valence-electron chi connectivity index (χ0n) is 10.3. The van der Waals surface area contributed by atoms with Gasteiger partial charge in [-0.2, -0.15) is 0 Å². The molecule has 0 aliphatic rings. The van der Waals surface area contributed by atoms with Crippen molar-refractivity contribution in [2.75, 3.05) is 6.54 Å². The van der Waals surface area contributed by atoms with E-state index in [1.807, 2.05) is 0 Å². The molecule has 0 aromatic carbocycles. The number of aromatic nitrogens is 1. The summed E-state index contributed by atoms with van der Waals surface area (Å²) in [6, 6.07) is 6.35. The van der Waals surface area contributed by atoms with Crippen LogP contribution in [0.3, 0.4) is 0 Å². The lowest BCUT2D eigenvalue weighted by Gasteiger charge is -2.20. The SMILES string of the molecule is CC(O)(CNC(=O)c1cc(Cl)ccn1)c1ccco1. The Morgan fingerprint density at radius 2 is 2.37 bits per heavy atom. The first-order chi connectivity index (χ1) is 8.99. The predicted molar refractivity (Wildman–Crippen MR) is 69.9 cm³/mol. The normalized spacial score (nSPS) is 13.8. The summed E-state index contributed by atoms with van der Waals surface area (Å²) < 4.78 is 5.12. The average Bonchev–Trinajstić information content (AvgIpc) is 2.90. The van der Waals surface area contributed by atoms with E-state index in [0.29, 0.717) is 10.8 Å². The van der Waals surface area contributed by atoms with Crippen LogP contribution in [0.1, 0.15) is 23.2 Å². The second-order valence-corrected chi connectivity index (χ2v) is 4.73. The topological polar surface area (TPSA) is 75.4 Å². The lowest BCUT2D eigenvalue weighted by atomic mass is 10.0. The highest BCUT2D eigenvalue weighted by Gasteiger charge is 2.27. The lowest BCUT2D eigenvalue weighted by molar-refractivity contribution is 0.0329. The van der Waals surface area contributed by atoms with E-state index in [1.54, 1.807) is 25.1 Å². The van der Waals surface area contributed by atoms with E-state index in [-0.39, 0.29) is 12.2 Å². The van der Waals surface area contributed by atoms with Gasteiger partial charge in [0.05, 0.1) is 12.8 Å². The number of aliphatic hydroxyl groups is 1. The Balaban J connectivity index is 2.01. The molecular weight excluding hydrogens is 268 g/mol. The van der Waals surface area contributed by atoms with E-state index in [1.165, 1.54) is 18.5 Å². The number of carbonyl (C=O) groups is 1. The van der Waals surface area contributed by atoms with Crippen molar-refractivity contribution in [1.29, 1.82) is 0 Å². The third kappa shape index (κ3) is 3.33. The molecule has 19 heavy (non-hydrogen) atoms. The fourth-order valence-electron chi connectivity index (χ4n) is 1.54. The second-order valence-electron chi connectivity index (χ2n) is 4.29. The number of hydrogen-bond donors (Lipinski definition) is 2. The third-order valence-electron chi connectivity index (χ3n) is 2.60. The van der Waals surface area contributed by atoms with E-state index in [0.717, 1.165) is 0 Å². The molecule has 1 unspecified atom stereocenters. The molecule has 2 rings (SSSR count). The molecule has 1 atom stereocenters. The Bertz CT molecular complexity index is 567. The molecule has 0 saturated heterocycles. The van der Waals surface area contributed by atoms with Gasteiger partial charge in [-0.15, -0.1) is 0 Å². The van der Waals surface area contributed by atoms with Gasteiger partial charge in [-0.05, 0) is 31.2 Å². The van der Waals surface area contributed by atoms with E-state index in [9.17, 15) is 9.90 Å². The Kier molecular flexibility index (Phi) is 3.87. The van der Waals surface area contributed by atoms with Gasteiger partial charge in [-0.3, -0.25) is 9.78 Å². The maximum absolute atomic E-state index is 11.8. The van der Waals surface area contributed by atoms with Crippen LogP contribution in [0.4, 0.5) is 0 Å². The van der Waals surface area contributed by atoms with Crippen LogP contribution in [0.5, 0.6) is 0 Å². The molecule has 5 nitrogen and oxygen atoms in total. The maximum Gasteiger partial charge on any atom is 0.270 e. The quantitative estimate of drug-likeness (QED) is 0.898. The molecule has 2 aromatic heterocycles. The first kappa shape index (κ1) is 13.6. The van der Waals surface area contributed by atoms with E-state index in [2.05, 4.69) is 10.3 Å². The van der Waals surface area contributed by atoms with Gasteiger partial charge >= 0.3 is 0 Å². The summed E-state index contributed by atoms with van der Waals surface area (Å²) in [7, 11) is 0. The van der Waals surface area contributed by atoms with Gasteiger partial charge in [0.2, 0.25) is 0 Å². The maximum atomic E-state index is 11.8. The smallest absolute Gasteiger partial charge is 0.270 e. The van der Waals surface area contributed by atoms with Crippen LogP contribution < -0.4 is 5.32 Å². The highest BCUT2D eigenvalue weighted by Crippen LogP contribution is 2.19. The van der Waals surface area contributed by atoms with Crippen molar-refractivity contribution >= 4 is 17.5 Å². The second kappa shape index (κ2) is 5.42. The fourth-order valence-corrected chi connectivity index (χ4v) is 1.70. The molecule has 0 bridgehead atoms. The van der Waals surface area contributed by atoms with Gasteiger partial charge in [0, 0.05) is 11.2 Å². The van der Waals surface area contributed by atoms with Crippen molar-refractivity contribution in [3.8, 4) is 0 Å². The molecule has 2 N–H and O–H groups in total. The van der Waals surface area contributed by atoms with Gasteiger partial charge in [0.1, 0.15) is 17.1 Å². The Morgan fingerprint density at radius 3 is 3.00 bits per heavy atom. The highest BCUT2D eigenvalue weighted by atomic mass is 35.5. The lowest BCUT2D eigenvalue weighted by Crippen LogP contribution is -2.38. The number of nitrogens with zero attached hydrogens (tertiary/aromatic N) is 1. The Morgan fingerprint density at radius 1 is 1.58 bits per heavy atom. The molecule has 0 aliphatic heterocycles. The van der Waals surface area contributed by atoms with Gasteiger partial charge in [0.25, 0.3) is 5.91 Å². The number of halogens is 1. The molecule has 1 amide bonds. The summed E-state index contributed by atoms with van der Waals surface area (Å²) in [6.45, 7) is 1.56. The molecule has 0 saturated carbocycles. The first-order valence-corrected chi connectivity index (χ1v) is 6.03. The number of carbonyl (C=O) groups excluding carboxylic acids is 1. The molecule has 2 heterocycles. The standard InChI is InChI=1S/C13H13ClN2O3/c1-13(18,11-3-2-6-19-11)8-16-12(17)10-7-9(14)4-5-15-10/h2-7,18H,8H2,1H3,(H,16,17). The number of nitrogens with one attached hydrogen (secondary N) is 1. The first-order valence-electron chi connectivity index (χ1n) is 5.65. The molecular formula is C13H13ClN2O3. The van der Waals surface area contributed by atoms with Crippen molar-refractivity contribution in [3.05, 3.63) is 53.2 Å². The van der Waals surface area contributed by atoms with E-state index >= 15 is 0 Å². The predicted octanol–water partition coefficient (Wildman–Crippen LogP) is 1.97. The van der Waals surface area contributed by atoms with Crippen LogP contribution >= 0.6 is 11.6 Å². The molecule has 0 fully saturated rings. The minimum Gasteiger partial charge on any atom is -0.466 e. The monoisotopic (exact) mass is 280 g/mol. The van der Waals surface area contributed by atoms with Crippen molar-refractivity contribution in [3.63, 3.8) is 0 Å². The number of pyridine rings is 1. The van der Waals surface area contributed by atoms with Crippen molar-refractivity contribution < 1.29 is 14.3 Å². The fraction of sp³-hybridized carbons (Fsp3) is 0.231. The number of hydrogen-bond acceptors (Lipinski definition) is 4. The zero-order chi connectivity index (χ0) is 13.9. The van der Waals surface area contributed by atoms with Crippen LogP contribution in [0.15, 0.2) is 41.1 Å². The average molecular weight is 281 g/mol. The number of amides is 1. The molecule has 0 aliphatic carbocycles. The number of furan rings is 1. The molecule has 2 aromatic rings. The van der Waals surface area contributed by atoms with Crippen LogP contribution in [0.25, 0.3) is 0 Å². The highest BCUT2D eigenvalue weighted by molar-refractivity contribution is 6.30. The molecule has 100 valence electrons. The number of rotatable bonds is 4. The Labute approximate surface area is 115 Å². The molecule has 6 heteroatoms. The van der Waals surface area contributed by atoms with E-state index in [4.69, 9.17) is 16.0 Å². The van der Waals surface area contributed by atoms with Crippen molar-refractivity contribution in [2.24, 2.45) is 0 Å². The van der Waals surface area contributed by atoms with E-state index < -0.39 is 11.5 Å². The van der Waals surface area contributed by atoms with Crippen molar-refractivity contribution in [2.45, 2.75) is 12.5 Å². The van der Waals surface area contributed by atoms with Gasteiger partial charge in [0.15, 0.2) is 0 Å².